The average Bonchev–Trinajstić information content (AvgIpc) is 2.83. The number of carbonyl (C=O) groups excluding carboxylic acids is 4. The number of thioether (sulfide) groups is 1. The van der Waals surface area contributed by atoms with Crippen LogP contribution in [0.4, 0.5) is 0 Å². The van der Waals surface area contributed by atoms with Crippen LogP contribution in [0.3, 0.4) is 0 Å². The molecule has 4 unspecified atom stereocenters. The second-order valence-corrected chi connectivity index (χ2v) is 9.14. The first kappa shape index (κ1) is 30.3. The van der Waals surface area contributed by atoms with E-state index in [9.17, 15) is 29.1 Å². The molecule has 0 heterocycles. The summed E-state index contributed by atoms with van der Waals surface area (Å²) >= 11 is 5.57. The summed E-state index contributed by atoms with van der Waals surface area (Å²) in [7, 11) is 0. The predicted molar refractivity (Wildman–Crippen MR) is 137 cm³/mol. The third-order valence-electron chi connectivity index (χ3n) is 4.99. The molecule has 0 saturated carbocycles. The summed E-state index contributed by atoms with van der Waals surface area (Å²) < 4.78 is 0. The van der Waals surface area contributed by atoms with E-state index in [-0.39, 0.29) is 31.4 Å². The van der Waals surface area contributed by atoms with Crippen LogP contribution >= 0.6 is 24.4 Å². The van der Waals surface area contributed by atoms with Crippen LogP contribution in [-0.2, 0) is 30.4 Å². The maximum Gasteiger partial charge on any atom is 0.326 e. The van der Waals surface area contributed by atoms with Gasteiger partial charge >= 0.3 is 5.97 Å². The number of nitrogens with two attached hydrogens (primary N) is 2. The van der Waals surface area contributed by atoms with E-state index in [2.05, 4.69) is 28.6 Å². The molecule has 11 nitrogen and oxygen atoms in total. The Balaban J connectivity index is 2.82. The molecule has 194 valence electrons. The number of primary amides is 1. The molecule has 1 rings (SSSR count). The molecule has 0 aliphatic heterocycles. The number of aliphatic carboxylic acids is 1. The lowest BCUT2D eigenvalue weighted by atomic mass is 10.1. The van der Waals surface area contributed by atoms with Gasteiger partial charge in [0.05, 0.1) is 6.04 Å². The summed E-state index contributed by atoms with van der Waals surface area (Å²) in [5.74, 6) is -3.38. The van der Waals surface area contributed by atoms with Gasteiger partial charge in [0.1, 0.15) is 18.1 Å². The summed E-state index contributed by atoms with van der Waals surface area (Å²) in [6.07, 6.45) is 2.10. The van der Waals surface area contributed by atoms with Crippen LogP contribution in [0.1, 0.15) is 24.8 Å². The van der Waals surface area contributed by atoms with Gasteiger partial charge in [-0.3, -0.25) is 19.2 Å². The molecule has 8 N–H and O–H groups in total. The maximum atomic E-state index is 12.9. The Morgan fingerprint density at radius 2 is 1.51 bits per heavy atom. The van der Waals surface area contributed by atoms with Crippen LogP contribution < -0.4 is 27.4 Å². The van der Waals surface area contributed by atoms with Gasteiger partial charge in [0.15, 0.2) is 0 Å². The third-order valence-corrected chi connectivity index (χ3v) is 6.00. The van der Waals surface area contributed by atoms with Crippen molar-refractivity contribution in [1.29, 1.82) is 0 Å². The summed E-state index contributed by atoms with van der Waals surface area (Å²) in [6.45, 7) is 0. The Bertz CT molecular complexity index is 873. The van der Waals surface area contributed by atoms with Gasteiger partial charge in [-0.1, -0.05) is 30.3 Å². The standard InChI is InChI=1S/C22H33N5O6S2/c1-35-10-9-15(25-19(29)14(23)7-8-18(24)28)20(30)27-17(12-34)21(31)26-16(22(32)33)11-13-5-3-2-4-6-13/h2-6,14-17,34H,7-12,23H2,1H3,(H2,24,28)(H,25,29)(H,26,31)(H,27,30)(H,32,33). The van der Waals surface area contributed by atoms with E-state index in [1.165, 1.54) is 11.8 Å². The van der Waals surface area contributed by atoms with Crippen LogP contribution in [0, 0.1) is 0 Å². The monoisotopic (exact) mass is 527 g/mol. The molecule has 1 aromatic rings. The predicted octanol–water partition coefficient (Wildman–Crippen LogP) is -0.956. The molecule has 0 radical (unpaired) electrons. The van der Waals surface area contributed by atoms with E-state index in [0.717, 1.165) is 5.56 Å². The van der Waals surface area contributed by atoms with Crippen LogP contribution in [0.5, 0.6) is 0 Å². The van der Waals surface area contributed by atoms with Crippen molar-refractivity contribution in [2.75, 3.05) is 17.8 Å². The fraction of sp³-hybridized carbons (Fsp3) is 0.500. The second kappa shape index (κ2) is 16.0. The molecule has 4 atom stereocenters. The Morgan fingerprint density at radius 1 is 0.943 bits per heavy atom. The molecule has 0 bridgehead atoms. The van der Waals surface area contributed by atoms with Gasteiger partial charge in [-0.15, -0.1) is 0 Å². The van der Waals surface area contributed by atoms with Gasteiger partial charge < -0.3 is 32.5 Å². The van der Waals surface area contributed by atoms with Crippen molar-refractivity contribution >= 4 is 54.0 Å². The third kappa shape index (κ3) is 11.5. The Labute approximate surface area is 213 Å². The van der Waals surface area contributed by atoms with E-state index in [4.69, 9.17) is 11.5 Å². The Hall–Kier alpha value is -2.77. The van der Waals surface area contributed by atoms with Crippen LogP contribution in [0.25, 0.3) is 0 Å². The lowest BCUT2D eigenvalue weighted by Gasteiger charge is -2.24. The number of rotatable bonds is 16. The quantitative estimate of drug-likeness (QED) is 0.134. The normalized spacial score (nSPS) is 14.1. The Kier molecular flexibility index (Phi) is 13.8. The van der Waals surface area contributed by atoms with Crippen molar-refractivity contribution in [3.8, 4) is 0 Å². The highest BCUT2D eigenvalue weighted by atomic mass is 32.2. The van der Waals surface area contributed by atoms with Crippen molar-refractivity contribution in [1.82, 2.24) is 16.0 Å². The number of hydrogen-bond acceptors (Lipinski definition) is 8. The molecular weight excluding hydrogens is 494 g/mol. The summed E-state index contributed by atoms with van der Waals surface area (Å²) in [6, 6.07) is 4.42. The van der Waals surface area contributed by atoms with Crippen molar-refractivity contribution < 1.29 is 29.1 Å². The molecule has 0 fully saturated rings. The van der Waals surface area contributed by atoms with Gasteiger partial charge in [0.2, 0.25) is 23.6 Å². The Morgan fingerprint density at radius 3 is 2.06 bits per heavy atom. The molecule has 0 saturated heterocycles. The second-order valence-electron chi connectivity index (χ2n) is 7.79. The topological polar surface area (TPSA) is 194 Å². The smallest absolute Gasteiger partial charge is 0.326 e. The van der Waals surface area contributed by atoms with E-state index in [1.54, 1.807) is 30.3 Å². The van der Waals surface area contributed by atoms with E-state index in [0.29, 0.717) is 5.75 Å². The fourth-order valence-electron chi connectivity index (χ4n) is 3.00. The van der Waals surface area contributed by atoms with Crippen LogP contribution in [0.2, 0.25) is 0 Å². The van der Waals surface area contributed by atoms with Gasteiger partial charge in [-0.25, -0.2) is 4.79 Å². The molecule has 0 spiro atoms. The summed E-state index contributed by atoms with van der Waals surface area (Å²) in [4.78, 5) is 60.6. The molecule has 0 aliphatic rings. The minimum atomic E-state index is -1.22. The first-order valence-electron chi connectivity index (χ1n) is 10.9. The van der Waals surface area contributed by atoms with Crippen LogP contribution in [-0.4, -0.2) is 76.6 Å². The van der Waals surface area contributed by atoms with Crippen molar-refractivity contribution in [3.05, 3.63) is 35.9 Å². The highest BCUT2D eigenvalue weighted by Crippen LogP contribution is 2.06. The highest BCUT2D eigenvalue weighted by molar-refractivity contribution is 7.98. The van der Waals surface area contributed by atoms with Gasteiger partial charge in [-0.05, 0) is 30.4 Å². The lowest BCUT2D eigenvalue weighted by molar-refractivity contribution is -0.142. The molecule has 35 heavy (non-hydrogen) atoms. The maximum absolute atomic E-state index is 12.9. The molecular formula is C22H33N5O6S2. The highest BCUT2D eigenvalue weighted by Gasteiger charge is 2.29. The van der Waals surface area contributed by atoms with Gasteiger partial charge in [0.25, 0.3) is 0 Å². The van der Waals surface area contributed by atoms with Crippen molar-refractivity contribution in [2.45, 2.75) is 49.9 Å². The largest absolute Gasteiger partial charge is 0.480 e. The van der Waals surface area contributed by atoms with Crippen molar-refractivity contribution in [3.63, 3.8) is 0 Å². The number of carbonyl (C=O) groups is 5. The van der Waals surface area contributed by atoms with Crippen LogP contribution in [0.15, 0.2) is 30.3 Å². The summed E-state index contributed by atoms with van der Waals surface area (Å²) in [5.41, 5.74) is 11.6. The van der Waals surface area contributed by atoms with Gasteiger partial charge in [-0.2, -0.15) is 24.4 Å². The molecule has 0 aromatic heterocycles. The molecule has 0 aliphatic carbocycles. The zero-order valence-electron chi connectivity index (χ0n) is 19.4. The fourth-order valence-corrected chi connectivity index (χ4v) is 3.73. The number of benzene rings is 1. The van der Waals surface area contributed by atoms with E-state index >= 15 is 0 Å². The number of amides is 4. The minimum Gasteiger partial charge on any atom is -0.480 e. The van der Waals surface area contributed by atoms with Crippen molar-refractivity contribution in [2.24, 2.45) is 11.5 Å². The minimum absolute atomic E-state index is 0.0255. The zero-order valence-corrected chi connectivity index (χ0v) is 21.1. The number of nitrogens with one attached hydrogen (secondary N) is 3. The number of carboxylic acids is 1. The molecule has 1 aromatic carbocycles. The first-order valence-corrected chi connectivity index (χ1v) is 12.9. The van der Waals surface area contributed by atoms with Gasteiger partial charge in [0, 0.05) is 18.6 Å². The first-order chi connectivity index (χ1) is 16.6. The SMILES string of the molecule is CSCCC(NC(=O)C(N)CCC(N)=O)C(=O)NC(CS)C(=O)NC(Cc1ccccc1)C(=O)O. The zero-order chi connectivity index (χ0) is 26.4. The molecule has 4 amide bonds. The summed E-state index contributed by atoms with van der Waals surface area (Å²) in [5, 5.41) is 17.0. The lowest BCUT2D eigenvalue weighted by Crippen LogP contribution is -2.58. The molecule has 13 heteroatoms. The number of thiol groups is 1. The van der Waals surface area contributed by atoms with E-state index < -0.39 is 53.8 Å². The van der Waals surface area contributed by atoms with E-state index in [1.807, 2.05) is 6.26 Å². The average molecular weight is 528 g/mol. The number of carboxylic acid groups (broad SMARTS) is 1. The number of hydrogen-bond donors (Lipinski definition) is 7.